The molecule has 1 saturated heterocycles. The highest BCUT2D eigenvalue weighted by atomic mass is 32.2. The third kappa shape index (κ3) is 4.17. The van der Waals surface area contributed by atoms with Gasteiger partial charge in [0, 0.05) is 0 Å². The van der Waals surface area contributed by atoms with Crippen molar-refractivity contribution in [3.8, 4) is 0 Å². The van der Waals surface area contributed by atoms with E-state index < -0.39 is 23.2 Å². The highest BCUT2D eigenvalue weighted by molar-refractivity contribution is 8.18. The topological polar surface area (TPSA) is 74.7 Å². The molecule has 2 amide bonds. The minimum absolute atomic E-state index is 0.215. The summed E-state index contributed by atoms with van der Waals surface area (Å²) in [5.41, 5.74) is 2.14. The van der Waals surface area contributed by atoms with Gasteiger partial charge in [0.1, 0.15) is 0 Å². The van der Waals surface area contributed by atoms with Crippen LogP contribution >= 0.6 is 11.8 Å². The Morgan fingerprint density at radius 2 is 1.63 bits per heavy atom. The fourth-order valence-corrected chi connectivity index (χ4v) is 3.71. The average molecular weight is 379 g/mol. The molecular formula is C21H17NO4S. The first kappa shape index (κ1) is 18.7. The van der Waals surface area contributed by atoms with Gasteiger partial charge in [-0.1, -0.05) is 66.7 Å². The minimum Gasteiger partial charge on any atom is -0.479 e. The molecule has 1 heterocycles. The zero-order valence-corrected chi connectivity index (χ0v) is 15.3. The Morgan fingerprint density at radius 1 is 1.04 bits per heavy atom. The summed E-state index contributed by atoms with van der Waals surface area (Å²) in [7, 11) is 0. The molecule has 2 aromatic rings. The summed E-state index contributed by atoms with van der Waals surface area (Å²) >= 11 is 0.755. The SMILES string of the molecule is CC(/C=C1\SC(=O)N(C(C(=O)O)c2ccccc2)C1=O)=C\c1ccccc1. The zero-order valence-electron chi connectivity index (χ0n) is 14.5. The molecule has 0 spiro atoms. The fourth-order valence-electron chi connectivity index (χ4n) is 2.80. The summed E-state index contributed by atoms with van der Waals surface area (Å²) in [6, 6.07) is 16.5. The van der Waals surface area contributed by atoms with Gasteiger partial charge in [0.05, 0.1) is 4.91 Å². The van der Waals surface area contributed by atoms with Crippen LogP contribution in [0.15, 0.2) is 77.2 Å². The highest BCUT2D eigenvalue weighted by Crippen LogP contribution is 2.37. The molecule has 1 aliphatic rings. The molecule has 0 saturated carbocycles. The van der Waals surface area contributed by atoms with Gasteiger partial charge in [-0.25, -0.2) is 9.69 Å². The molecule has 27 heavy (non-hydrogen) atoms. The van der Waals surface area contributed by atoms with Gasteiger partial charge in [-0.3, -0.25) is 9.59 Å². The Hall–Kier alpha value is -3.12. The van der Waals surface area contributed by atoms with Gasteiger partial charge in [-0.2, -0.15) is 0 Å². The second-order valence-electron chi connectivity index (χ2n) is 6.00. The van der Waals surface area contributed by atoms with Gasteiger partial charge in [0.15, 0.2) is 6.04 Å². The lowest BCUT2D eigenvalue weighted by Gasteiger charge is -2.21. The fraction of sp³-hybridized carbons (Fsp3) is 0.0952. The predicted octanol–water partition coefficient (Wildman–Crippen LogP) is 4.50. The zero-order chi connectivity index (χ0) is 19.4. The second-order valence-corrected chi connectivity index (χ2v) is 7.00. The van der Waals surface area contributed by atoms with Crippen molar-refractivity contribution in [1.29, 1.82) is 0 Å². The van der Waals surface area contributed by atoms with Gasteiger partial charge in [-0.05, 0) is 41.5 Å². The van der Waals surface area contributed by atoms with E-state index >= 15 is 0 Å². The van der Waals surface area contributed by atoms with Crippen molar-refractivity contribution in [2.24, 2.45) is 0 Å². The lowest BCUT2D eigenvalue weighted by atomic mass is 10.1. The Labute approximate surface area is 161 Å². The summed E-state index contributed by atoms with van der Waals surface area (Å²) in [5.74, 6) is -1.84. The van der Waals surface area contributed by atoms with Gasteiger partial charge < -0.3 is 5.11 Å². The van der Waals surface area contributed by atoms with Crippen molar-refractivity contribution < 1.29 is 19.5 Å². The molecule has 6 heteroatoms. The Morgan fingerprint density at radius 3 is 2.22 bits per heavy atom. The first-order valence-corrected chi connectivity index (χ1v) is 9.07. The van der Waals surface area contributed by atoms with E-state index in [9.17, 15) is 19.5 Å². The summed E-state index contributed by atoms with van der Waals surface area (Å²) < 4.78 is 0. The first-order valence-electron chi connectivity index (χ1n) is 8.25. The Balaban J connectivity index is 1.90. The van der Waals surface area contributed by atoms with E-state index in [0.29, 0.717) is 5.56 Å². The van der Waals surface area contributed by atoms with Crippen LogP contribution in [0.1, 0.15) is 24.1 Å². The van der Waals surface area contributed by atoms with Crippen LogP contribution in [-0.4, -0.2) is 27.1 Å². The normalized spacial score (nSPS) is 17.4. The average Bonchev–Trinajstić information content (AvgIpc) is 2.91. The van der Waals surface area contributed by atoms with E-state index in [1.807, 2.05) is 43.3 Å². The molecule has 3 rings (SSSR count). The highest BCUT2D eigenvalue weighted by Gasteiger charge is 2.43. The van der Waals surface area contributed by atoms with Crippen LogP contribution in [0.25, 0.3) is 6.08 Å². The number of carboxylic acid groups (broad SMARTS) is 1. The van der Waals surface area contributed by atoms with E-state index in [1.54, 1.807) is 36.4 Å². The number of nitrogens with zero attached hydrogens (tertiary/aromatic N) is 1. The number of hydrogen-bond acceptors (Lipinski definition) is 4. The van der Waals surface area contributed by atoms with Crippen molar-refractivity contribution in [2.45, 2.75) is 13.0 Å². The van der Waals surface area contributed by atoms with Gasteiger partial charge >= 0.3 is 5.97 Å². The van der Waals surface area contributed by atoms with E-state index in [4.69, 9.17) is 0 Å². The molecule has 1 fully saturated rings. The first-order chi connectivity index (χ1) is 13.0. The maximum absolute atomic E-state index is 12.7. The summed E-state index contributed by atoms with van der Waals surface area (Å²) in [6.07, 6.45) is 3.50. The van der Waals surface area contributed by atoms with Crippen molar-refractivity contribution in [3.63, 3.8) is 0 Å². The molecule has 5 nitrogen and oxygen atoms in total. The van der Waals surface area contributed by atoms with Crippen molar-refractivity contribution in [2.75, 3.05) is 0 Å². The number of benzene rings is 2. The molecule has 136 valence electrons. The standard InChI is InChI=1S/C21H17NO4S/c1-14(12-15-8-4-2-5-9-15)13-17-19(23)22(21(26)27-17)18(20(24)25)16-10-6-3-7-11-16/h2-13,18H,1H3,(H,24,25)/b14-12+,17-13-. The Kier molecular flexibility index (Phi) is 5.57. The van der Waals surface area contributed by atoms with Crippen LogP contribution in [0.5, 0.6) is 0 Å². The van der Waals surface area contributed by atoms with Crippen LogP contribution in [-0.2, 0) is 9.59 Å². The van der Waals surface area contributed by atoms with Crippen molar-refractivity contribution in [3.05, 3.63) is 88.3 Å². The number of allylic oxidation sites excluding steroid dienone is 2. The van der Waals surface area contributed by atoms with Gasteiger partial charge in [-0.15, -0.1) is 0 Å². The number of rotatable bonds is 5. The summed E-state index contributed by atoms with van der Waals surface area (Å²) in [6.45, 7) is 1.83. The maximum Gasteiger partial charge on any atom is 0.331 e. The molecule has 2 aromatic carbocycles. The number of carbonyl (C=O) groups is 3. The monoisotopic (exact) mass is 379 g/mol. The Bertz CT molecular complexity index is 935. The molecule has 0 aromatic heterocycles. The minimum atomic E-state index is -1.34. The van der Waals surface area contributed by atoms with Crippen LogP contribution in [0.2, 0.25) is 0 Å². The van der Waals surface area contributed by atoms with E-state index in [0.717, 1.165) is 27.8 Å². The lowest BCUT2D eigenvalue weighted by Crippen LogP contribution is -2.37. The third-order valence-corrected chi connectivity index (χ3v) is 4.87. The maximum atomic E-state index is 12.7. The number of hydrogen-bond donors (Lipinski definition) is 1. The third-order valence-electron chi connectivity index (χ3n) is 3.98. The molecule has 0 radical (unpaired) electrons. The van der Waals surface area contributed by atoms with Crippen molar-refractivity contribution in [1.82, 2.24) is 4.90 Å². The van der Waals surface area contributed by atoms with Crippen LogP contribution in [0, 0.1) is 0 Å². The predicted molar refractivity (Wildman–Crippen MR) is 105 cm³/mol. The quantitative estimate of drug-likeness (QED) is 0.775. The number of carbonyl (C=O) groups excluding carboxylic acids is 2. The van der Waals surface area contributed by atoms with E-state index in [-0.39, 0.29) is 4.91 Å². The van der Waals surface area contributed by atoms with Crippen molar-refractivity contribution >= 4 is 35.0 Å². The lowest BCUT2D eigenvalue weighted by molar-refractivity contribution is -0.146. The molecular weight excluding hydrogens is 362 g/mol. The largest absolute Gasteiger partial charge is 0.479 e. The van der Waals surface area contributed by atoms with Gasteiger partial charge in [0.2, 0.25) is 0 Å². The summed E-state index contributed by atoms with van der Waals surface area (Å²) in [4.78, 5) is 37.9. The van der Waals surface area contributed by atoms with E-state index in [2.05, 4.69) is 0 Å². The number of amides is 2. The number of aliphatic carboxylic acids is 1. The smallest absolute Gasteiger partial charge is 0.331 e. The summed E-state index contributed by atoms with van der Waals surface area (Å²) in [5, 5.41) is 9.01. The number of thioether (sulfide) groups is 1. The van der Waals surface area contributed by atoms with Crippen LogP contribution < -0.4 is 0 Å². The molecule has 0 bridgehead atoms. The van der Waals surface area contributed by atoms with Crippen LogP contribution in [0.3, 0.4) is 0 Å². The van der Waals surface area contributed by atoms with Crippen LogP contribution in [0.4, 0.5) is 4.79 Å². The molecule has 0 aliphatic carbocycles. The number of carboxylic acids is 1. The number of imide groups is 1. The van der Waals surface area contributed by atoms with Gasteiger partial charge in [0.25, 0.3) is 11.1 Å². The molecule has 1 N–H and O–H groups in total. The molecule has 1 atom stereocenters. The molecule has 1 unspecified atom stereocenters. The molecule has 1 aliphatic heterocycles. The second kappa shape index (κ2) is 8.05. The van der Waals surface area contributed by atoms with E-state index in [1.165, 1.54) is 0 Å².